The van der Waals surface area contributed by atoms with E-state index in [1.807, 2.05) is 30.4 Å². The Morgan fingerprint density at radius 3 is 1.93 bits per heavy atom. The third-order valence-corrected chi connectivity index (χ3v) is 8.80. The number of allylic oxidation sites excluding steroid dienone is 3. The van der Waals surface area contributed by atoms with Crippen molar-refractivity contribution in [3.8, 4) is 11.5 Å². The van der Waals surface area contributed by atoms with Crippen molar-refractivity contribution in [1.29, 1.82) is 0 Å². The average Bonchev–Trinajstić information content (AvgIpc) is 3.43. The van der Waals surface area contributed by atoms with E-state index in [0.717, 1.165) is 29.9 Å². The van der Waals surface area contributed by atoms with E-state index >= 15 is 0 Å². The van der Waals surface area contributed by atoms with Crippen LogP contribution in [0.1, 0.15) is 149 Å². The van der Waals surface area contributed by atoms with E-state index in [1.165, 1.54) is 83.5 Å². The number of carbonyl (C=O) groups excluding carboxylic acids is 1. The average molecular weight is 597 g/mol. The number of rotatable bonds is 24. The standard InChI is InChI=1S/C38H60O5/c1-6-7-8-9-10-11-12-13-14-15-16-17-18-21-26-37(2,3)28-32(29-38(4,5)36(40)41)33(39)23-20-19-22-31-24-25-34-35(27-31)43-30-42-34/h19-20,22-25,27,32H,6-18,21,26,28-30H2,1-5H3,(H,40,41). The fraction of sp³-hybridized carbons (Fsp3) is 0.684. The van der Waals surface area contributed by atoms with Crippen LogP contribution in [0.25, 0.3) is 6.08 Å². The molecule has 1 aromatic rings. The summed E-state index contributed by atoms with van der Waals surface area (Å²) in [5.41, 5.74) is -0.0247. The lowest BCUT2D eigenvalue weighted by Gasteiger charge is -2.32. The maximum absolute atomic E-state index is 13.3. The molecule has 5 nitrogen and oxygen atoms in total. The first-order valence-corrected chi connectivity index (χ1v) is 17.1. The van der Waals surface area contributed by atoms with Crippen molar-refractivity contribution in [3.05, 3.63) is 42.0 Å². The van der Waals surface area contributed by atoms with E-state index in [4.69, 9.17) is 9.47 Å². The summed E-state index contributed by atoms with van der Waals surface area (Å²) in [6.45, 7) is 10.4. The summed E-state index contributed by atoms with van der Waals surface area (Å²) >= 11 is 0. The van der Waals surface area contributed by atoms with E-state index in [1.54, 1.807) is 26.0 Å². The molecular weight excluding hydrogens is 536 g/mol. The molecule has 43 heavy (non-hydrogen) atoms. The molecule has 0 saturated carbocycles. The summed E-state index contributed by atoms with van der Waals surface area (Å²) in [6.07, 6.45) is 28.0. The first-order chi connectivity index (χ1) is 20.5. The van der Waals surface area contributed by atoms with Gasteiger partial charge in [-0.15, -0.1) is 0 Å². The lowest BCUT2D eigenvalue weighted by molar-refractivity contribution is -0.148. The van der Waals surface area contributed by atoms with Gasteiger partial charge in [-0.2, -0.15) is 0 Å². The molecule has 0 aromatic heterocycles. The van der Waals surface area contributed by atoms with Crippen molar-refractivity contribution in [2.24, 2.45) is 16.7 Å². The van der Waals surface area contributed by atoms with Crippen LogP contribution in [0.4, 0.5) is 0 Å². The molecule has 5 heteroatoms. The van der Waals surface area contributed by atoms with Crippen molar-refractivity contribution in [2.45, 2.75) is 144 Å². The zero-order chi connectivity index (χ0) is 31.6. The predicted octanol–water partition coefficient (Wildman–Crippen LogP) is 11.0. The van der Waals surface area contributed by atoms with Crippen molar-refractivity contribution in [1.82, 2.24) is 0 Å². The fourth-order valence-electron chi connectivity index (χ4n) is 6.01. The lowest BCUT2D eigenvalue weighted by Crippen LogP contribution is -2.32. The second kappa shape index (κ2) is 19.7. The monoisotopic (exact) mass is 596 g/mol. The van der Waals surface area contributed by atoms with Gasteiger partial charge in [-0.05, 0) is 62.3 Å². The molecule has 242 valence electrons. The van der Waals surface area contributed by atoms with Gasteiger partial charge in [0.05, 0.1) is 5.41 Å². The highest BCUT2D eigenvalue weighted by atomic mass is 16.7. The number of hydrogen-bond acceptors (Lipinski definition) is 4. The molecular formula is C38H60O5. The van der Waals surface area contributed by atoms with E-state index in [9.17, 15) is 14.7 Å². The second-order valence-corrected chi connectivity index (χ2v) is 14.0. The third-order valence-electron chi connectivity index (χ3n) is 8.80. The fourth-order valence-corrected chi connectivity index (χ4v) is 6.01. The number of carboxylic acids is 1. The Morgan fingerprint density at radius 2 is 1.35 bits per heavy atom. The first kappa shape index (κ1) is 36.6. The van der Waals surface area contributed by atoms with Crippen molar-refractivity contribution in [3.63, 3.8) is 0 Å². The molecule has 1 heterocycles. The van der Waals surface area contributed by atoms with Crippen LogP contribution in [0.3, 0.4) is 0 Å². The quantitative estimate of drug-likeness (QED) is 0.0730. The van der Waals surface area contributed by atoms with Crippen LogP contribution in [-0.2, 0) is 9.59 Å². The van der Waals surface area contributed by atoms with Crippen LogP contribution in [0, 0.1) is 16.7 Å². The summed E-state index contributed by atoms with van der Waals surface area (Å²) in [4.78, 5) is 25.2. The van der Waals surface area contributed by atoms with Crippen LogP contribution >= 0.6 is 0 Å². The Balaban J connectivity index is 1.76. The van der Waals surface area contributed by atoms with E-state index in [-0.39, 0.29) is 23.9 Å². The Hall–Kier alpha value is -2.56. The number of carbonyl (C=O) groups is 2. The van der Waals surface area contributed by atoms with Gasteiger partial charge < -0.3 is 14.6 Å². The van der Waals surface area contributed by atoms with Crippen LogP contribution in [-0.4, -0.2) is 23.7 Å². The minimum Gasteiger partial charge on any atom is -0.481 e. The number of fused-ring (bicyclic) bond motifs is 1. The molecule has 0 fully saturated rings. The molecule has 0 radical (unpaired) electrons. The van der Waals surface area contributed by atoms with Crippen molar-refractivity contribution in [2.75, 3.05) is 6.79 Å². The largest absolute Gasteiger partial charge is 0.481 e. The number of aliphatic carboxylic acids is 1. The zero-order valence-corrected chi connectivity index (χ0v) is 27.9. The molecule has 2 rings (SSSR count). The number of carboxylic acid groups (broad SMARTS) is 1. The Morgan fingerprint density at radius 1 is 0.791 bits per heavy atom. The topological polar surface area (TPSA) is 72.8 Å². The smallest absolute Gasteiger partial charge is 0.309 e. The number of unbranched alkanes of at least 4 members (excludes halogenated alkanes) is 13. The zero-order valence-electron chi connectivity index (χ0n) is 27.9. The van der Waals surface area contributed by atoms with Crippen LogP contribution in [0.15, 0.2) is 36.4 Å². The number of ether oxygens (including phenoxy) is 2. The van der Waals surface area contributed by atoms with Crippen LogP contribution < -0.4 is 9.47 Å². The Labute approximate surface area is 262 Å². The van der Waals surface area contributed by atoms with Crippen molar-refractivity contribution >= 4 is 17.8 Å². The summed E-state index contributed by atoms with van der Waals surface area (Å²) in [5, 5.41) is 9.76. The maximum atomic E-state index is 13.3. The minimum absolute atomic E-state index is 0.00121. The molecule has 1 aromatic carbocycles. The number of hydrogen-bond donors (Lipinski definition) is 1. The normalized spacial score (nSPS) is 14.2. The van der Waals surface area contributed by atoms with Gasteiger partial charge in [0.25, 0.3) is 0 Å². The lowest BCUT2D eigenvalue weighted by atomic mass is 9.72. The first-order valence-electron chi connectivity index (χ1n) is 17.1. The van der Waals surface area contributed by atoms with Gasteiger partial charge in [0, 0.05) is 5.92 Å². The summed E-state index contributed by atoms with van der Waals surface area (Å²) < 4.78 is 10.8. The van der Waals surface area contributed by atoms with Gasteiger partial charge in [-0.25, -0.2) is 0 Å². The highest BCUT2D eigenvalue weighted by Gasteiger charge is 2.35. The van der Waals surface area contributed by atoms with E-state index in [0.29, 0.717) is 12.8 Å². The molecule has 1 atom stereocenters. The SMILES string of the molecule is CCCCCCCCCCCCCCCCC(C)(C)CC(CC(C)(C)C(=O)O)C(=O)C=CC=Cc1ccc2c(c1)OCO2. The molecule has 0 spiro atoms. The van der Waals surface area contributed by atoms with Gasteiger partial charge >= 0.3 is 5.97 Å². The highest BCUT2D eigenvalue weighted by Crippen LogP contribution is 2.38. The summed E-state index contributed by atoms with van der Waals surface area (Å²) in [7, 11) is 0. The Kier molecular flexibility index (Phi) is 16.8. The summed E-state index contributed by atoms with van der Waals surface area (Å²) in [6, 6.07) is 5.73. The molecule has 1 aliphatic rings. The molecule has 1 unspecified atom stereocenters. The van der Waals surface area contributed by atoms with Crippen molar-refractivity contribution < 1.29 is 24.2 Å². The number of ketones is 1. The molecule has 0 saturated heterocycles. The predicted molar refractivity (Wildman–Crippen MR) is 179 cm³/mol. The van der Waals surface area contributed by atoms with Gasteiger partial charge in [-0.3, -0.25) is 9.59 Å². The molecule has 0 amide bonds. The number of benzene rings is 1. The molecule has 0 bridgehead atoms. The minimum atomic E-state index is -0.957. The van der Waals surface area contributed by atoms with Gasteiger partial charge in [-0.1, -0.05) is 135 Å². The molecule has 0 aliphatic carbocycles. The Bertz CT molecular complexity index is 1020. The van der Waals surface area contributed by atoms with Crippen LogP contribution in [0.5, 0.6) is 11.5 Å². The van der Waals surface area contributed by atoms with Gasteiger partial charge in [0.2, 0.25) is 6.79 Å². The highest BCUT2D eigenvalue weighted by molar-refractivity contribution is 5.92. The maximum Gasteiger partial charge on any atom is 0.309 e. The third kappa shape index (κ3) is 15.1. The molecule has 1 N–H and O–H groups in total. The van der Waals surface area contributed by atoms with E-state index < -0.39 is 11.4 Å². The van der Waals surface area contributed by atoms with Crippen LogP contribution in [0.2, 0.25) is 0 Å². The summed E-state index contributed by atoms with van der Waals surface area (Å²) in [5.74, 6) is 0.269. The van der Waals surface area contributed by atoms with E-state index in [2.05, 4.69) is 20.8 Å². The molecule has 1 aliphatic heterocycles. The van der Waals surface area contributed by atoms with Gasteiger partial charge in [0.1, 0.15) is 0 Å². The van der Waals surface area contributed by atoms with Gasteiger partial charge in [0.15, 0.2) is 17.3 Å². The second-order valence-electron chi connectivity index (χ2n) is 14.0.